The first kappa shape index (κ1) is 10.9. The van der Waals surface area contributed by atoms with Gasteiger partial charge in [0.15, 0.2) is 0 Å². The van der Waals surface area contributed by atoms with Crippen molar-refractivity contribution < 1.29 is 0 Å². The Hall–Kier alpha value is -1.16. The zero-order valence-electron chi connectivity index (χ0n) is 8.95. The molecule has 0 aliphatic heterocycles. The number of aryl methyl sites for hydroxylation is 1. The molecule has 1 heterocycles. The Morgan fingerprint density at radius 3 is 2.93 bits per heavy atom. The van der Waals surface area contributed by atoms with Crippen molar-refractivity contribution in [2.75, 3.05) is 6.54 Å². The topological polar surface area (TPSA) is 46.9 Å². The average molecular weight is 195 g/mol. The average Bonchev–Trinajstić information content (AvgIpc) is 2.12. The predicted octanol–water partition coefficient (Wildman–Crippen LogP) is 0.550. The molecular formula is C10H17N3O. The van der Waals surface area contributed by atoms with E-state index in [1.165, 1.54) is 4.68 Å². The summed E-state index contributed by atoms with van der Waals surface area (Å²) >= 11 is 0. The van der Waals surface area contributed by atoms with Crippen LogP contribution in [0.3, 0.4) is 0 Å². The molecule has 0 saturated carbocycles. The molecule has 0 amide bonds. The highest BCUT2D eigenvalue weighted by atomic mass is 16.1. The fourth-order valence-electron chi connectivity index (χ4n) is 1.35. The summed E-state index contributed by atoms with van der Waals surface area (Å²) in [6.45, 7) is 7.49. The molecule has 14 heavy (non-hydrogen) atoms. The van der Waals surface area contributed by atoms with Gasteiger partial charge in [0.2, 0.25) is 0 Å². The second-order valence-electron chi connectivity index (χ2n) is 3.45. The fourth-order valence-corrected chi connectivity index (χ4v) is 1.35. The molecule has 0 radical (unpaired) electrons. The van der Waals surface area contributed by atoms with E-state index in [9.17, 15) is 4.79 Å². The molecule has 1 aromatic rings. The smallest absolute Gasteiger partial charge is 0.266 e. The predicted molar refractivity (Wildman–Crippen MR) is 56.4 cm³/mol. The summed E-state index contributed by atoms with van der Waals surface area (Å²) in [6.07, 6.45) is 0. The summed E-state index contributed by atoms with van der Waals surface area (Å²) in [5, 5.41) is 7.40. The van der Waals surface area contributed by atoms with E-state index in [2.05, 4.69) is 10.4 Å². The van der Waals surface area contributed by atoms with Crippen molar-refractivity contribution in [3.05, 3.63) is 28.2 Å². The lowest BCUT2D eigenvalue weighted by Gasteiger charge is -2.13. The third-order valence-corrected chi connectivity index (χ3v) is 2.00. The van der Waals surface area contributed by atoms with Crippen LogP contribution >= 0.6 is 0 Å². The van der Waals surface area contributed by atoms with Crippen molar-refractivity contribution in [3.63, 3.8) is 0 Å². The lowest BCUT2D eigenvalue weighted by Crippen LogP contribution is -2.35. The Morgan fingerprint density at radius 1 is 1.57 bits per heavy atom. The van der Waals surface area contributed by atoms with E-state index in [0.29, 0.717) is 6.54 Å². The van der Waals surface area contributed by atoms with E-state index < -0.39 is 0 Å². The largest absolute Gasteiger partial charge is 0.313 e. The van der Waals surface area contributed by atoms with Crippen LogP contribution in [0, 0.1) is 6.92 Å². The molecule has 1 unspecified atom stereocenters. The number of likely N-dealkylation sites (N-methyl/N-ethyl adjacent to an activating group) is 1. The van der Waals surface area contributed by atoms with Crippen molar-refractivity contribution in [3.8, 4) is 0 Å². The summed E-state index contributed by atoms with van der Waals surface area (Å²) in [6, 6.07) is 3.56. The highest BCUT2D eigenvalue weighted by Crippen LogP contribution is 1.89. The molecule has 0 aliphatic rings. The molecule has 0 aliphatic carbocycles. The van der Waals surface area contributed by atoms with E-state index >= 15 is 0 Å². The van der Waals surface area contributed by atoms with E-state index in [-0.39, 0.29) is 11.6 Å². The lowest BCUT2D eigenvalue weighted by atomic mass is 10.3. The van der Waals surface area contributed by atoms with Crippen molar-refractivity contribution in [2.24, 2.45) is 0 Å². The van der Waals surface area contributed by atoms with E-state index in [4.69, 9.17) is 0 Å². The van der Waals surface area contributed by atoms with Crippen molar-refractivity contribution in [1.82, 2.24) is 15.1 Å². The summed E-state index contributed by atoms with van der Waals surface area (Å²) in [7, 11) is 0. The van der Waals surface area contributed by atoms with Crippen LogP contribution < -0.4 is 10.9 Å². The van der Waals surface area contributed by atoms with Crippen LogP contribution in [0.4, 0.5) is 0 Å². The minimum atomic E-state index is -0.0413. The summed E-state index contributed by atoms with van der Waals surface area (Å²) in [5.74, 6) is 0. The number of hydrogen-bond donors (Lipinski definition) is 1. The highest BCUT2D eigenvalue weighted by Gasteiger charge is 2.03. The zero-order valence-corrected chi connectivity index (χ0v) is 8.95. The molecule has 1 N–H and O–H groups in total. The third kappa shape index (κ3) is 2.96. The number of hydrogen-bond acceptors (Lipinski definition) is 3. The van der Waals surface area contributed by atoms with Gasteiger partial charge in [-0.05, 0) is 26.5 Å². The SMILES string of the molecule is CCNC(C)Cn1nc(C)ccc1=O. The molecule has 4 heteroatoms. The Bertz CT molecular complexity index is 345. The molecule has 0 fully saturated rings. The van der Waals surface area contributed by atoms with Gasteiger partial charge in [0, 0.05) is 12.1 Å². The van der Waals surface area contributed by atoms with Gasteiger partial charge in [-0.1, -0.05) is 6.92 Å². The molecule has 4 nitrogen and oxygen atoms in total. The van der Waals surface area contributed by atoms with Crippen LogP contribution in [0.2, 0.25) is 0 Å². The van der Waals surface area contributed by atoms with Crippen LogP contribution in [0.25, 0.3) is 0 Å². The molecule has 1 rings (SSSR count). The van der Waals surface area contributed by atoms with E-state index in [1.807, 2.05) is 20.8 Å². The second kappa shape index (κ2) is 4.91. The van der Waals surface area contributed by atoms with Crippen LogP contribution in [-0.2, 0) is 6.54 Å². The Morgan fingerprint density at radius 2 is 2.29 bits per heavy atom. The third-order valence-electron chi connectivity index (χ3n) is 2.00. The number of aromatic nitrogens is 2. The summed E-state index contributed by atoms with van der Waals surface area (Å²) in [4.78, 5) is 11.4. The molecule has 78 valence electrons. The molecule has 1 atom stereocenters. The maximum Gasteiger partial charge on any atom is 0.266 e. The first-order valence-corrected chi connectivity index (χ1v) is 4.91. The standard InChI is InChI=1S/C10H17N3O/c1-4-11-9(3)7-13-10(14)6-5-8(2)12-13/h5-6,9,11H,4,7H2,1-3H3. The second-order valence-corrected chi connectivity index (χ2v) is 3.45. The molecule has 0 bridgehead atoms. The molecule has 0 aromatic carbocycles. The number of nitrogens with one attached hydrogen (secondary N) is 1. The van der Waals surface area contributed by atoms with Gasteiger partial charge in [0.05, 0.1) is 12.2 Å². The first-order chi connectivity index (χ1) is 6.63. The Kier molecular flexibility index (Phi) is 3.83. The quantitative estimate of drug-likeness (QED) is 0.763. The normalized spacial score (nSPS) is 12.8. The highest BCUT2D eigenvalue weighted by molar-refractivity contribution is 4.97. The number of rotatable bonds is 4. The van der Waals surface area contributed by atoms with Crippen molar-refractivity contribution in [2.45, 2.75) is 33.4 Å². The van der Waals surface area contributed by atoms with Gasteiger partial charge in [0.25, 0.3) is 5.56 Å². The van der Waals surface area contributed by atoms with Crippen molar-refractivity contribution in [1.29, 1.82) is 0 Å². The van der Waals surface area contributed by atoms with Crippen LogP contribution in [0.1, 0.15) is 19.5 Å². The van der Waals surface area contributed by atoms with Gasteiger partial charge in [-0.2, -0.15) is 5.10 Å². The van der Waals surface area contributed by atoms with Gasteiger partial charge in [0.1, 0.15) is 0 Å². The van der Waals surface area contributed by atoms with Gasteiger partial charge >= 0.3 is 0 Å². The van der Waals surface area contributed by atoms with E-state index in [1.54, 1.807) is 12.1 Å². The van der Waals surface area contributed by atoms with Crippen LogP contribution in [-0.4, -0.2) is 22.4 Å². The van der Waals surface area contributed by atoms with Crippen LogP contribution in [0.5, 0.6) is 0 Å². The van der Waals surface area contributed by atoms with Gasteiger partial charge < -0.3 is 5.32 Å². The fraction of sp³-hybridized carbons (Fsp3) is 0.600. The maximum atomic E-state index is 11.4. The first-order valence-electron chi connectivity index (χ1n) is 4.91. The zero-order chi connectivity index (χ0) is 10.6. The molecule has 0 saturated heterocycles. The Balaban J connectivity index is 2.75. The van der Waals surface area contributed by atoms with Crippen molar-refractivity contribution >= 4 is 0 Å². The summed E-state index contributed by atoms with van der Waals surface area (Å²) in [5.41, 5.74) is 0.827. The molecule has 1 aromatic heterocycles. The van der Waals surface area contributed by atoms with Crippen LogP contribution in [0.15, 0.2) is 16.9 Å². The minimum Gasteiger partial charge on any atom is -0.313 e. The summed E-state index contributed by atoms with van der Waals surface area (Å²) < 4.78 is 1.50. The van der Waals surface area contributed by atoms with E-state index in [0.717, 1.165) is 12.2 Å². The van der Waals surface area contributed by atoms with Gasteiger partial charge in [-0.15, -0.1) is 0 Å². The molecular weight excluding hydrogens is 178 g/mol. The lowest BCUT2D eigenvalue weighted by molar-refractivity contribution is 0.444. The minimum absolute atomic E-state index is 0.0413. The number of nitrogens with zero attached hydrogens (tertiary/aromatic N) is 2. The molecule has 0 spiro atoms. The Labute approximate surface area is 84.0 Å². The monoisotopic (exact) mass is 195 g/mol. The maximum absolute atomic E-state index is 11.4. The van der Waals surface area contributed by atoms with Gasteiger partial charge in [-0.3, -0.25) is 4.79 Å². The van der Waals surface area contributed by atoms with Gasteiger partial charge in [-0.25, -0.2) is 4.68 Å².